The highest BCUT2D eigenvalue weighted by Crippen LogP contribution is 2.39. The lowest BCUT2D eigenvalue weighted by molar-refractivity contribution is 0.103. The fourth-order valence-corrected chi connectivity index (χ4v) is 3.94. The number of ether oxygens (including phenoxy) is 2. The standard InChI is InChI=1S/C29H14F8N2O4/c1-11-18(30)20(32)16(21(33)19(11)31)28-38-39-29(43-28)17-22(34)24(36)27(25(37)23(17)35)42-15-9-5-13(6-10-15)26(40)12-3-7-14(41-2)8-4-12/h3-10H,1-2H3. The average molecular weight is 606 g/mol. The number of hydrogen-bond donors (Lipinski definition) is 0. The van der Waals surface area contributed by atoms with Crippen LogP contribution in [0.2, 0.25) is 0 Å². The van der Waals surface area contributed by atoms with Crippen molar-refractivity contribution in [2.45, 2.75) is 6.92 Å². The van der Waals surface area contributed by atoms with E-state index < -0.39 is 86.5 Å². The average Bonchev–Trinajstić information content (AvgIpc) is 3.49. The molecule has 0 unspecified atom stereocenters. The lowest BCUT2D eigenvalue weighted by atomic mass is 10.0. The number of halogens is 8. The van der Waals surface area contributed by atoms with Gasteiger partial charge in [0.2, 0.25) is 17.4 Å². The van der Waals surface area contributed by atoms with Gasteiger partial charge >= 0.3 is 0 Å². The molecule has 0 spiro atoms. The number of aromatic nitrogens is 2. The van der Waals surface area contributed by atoms with Crippen LogP contribution in [0.25, 0.3) is 22.9 Å². The first-order chi connectivity index (χ1) is 20.4. The van der Waals surface area contributed by atoms with E-state index in [1.165, 1.54) is 31.4 Å². The van der Waals surface area contributed by atoms with Gasteiger partial charge in [0.15, 0.2) is 40.7 Å². The summed E-state index contributed by atoms with van der Waals surface area (Å²) in [5.41, 5.74) is -3.64. The molecule has 0 aliphatic heterocycles. The van der Waals surface area contributed by atoms with Gasteiger partial charge in [-0.3, -0.25) is 4.79 Å². The molecule has 1 heterocycles. The van der Waals surface area contributed by atoms with Crippen LogP contribution in [0.1, 0.15) is 21.5 Å². The number of methoxy groups -OCH3 is 1. The lowest BCUT2D eigenvalue weighted by Crippen LogP contribution is -2.04. The molecule has 0 saturated carbocycles. The van der Waals surface area contributed by atoms with Crippen LogP contribution in [-0.2, 0) is 0 Å². The Labute approximate surface area is 236 Å². The minimum atomic E-state index is -2.10. The van der Waals surface area contributed by atoms with Crippen molar-refractivity contribution in [2.24, 2.45) is 0 Å². The summed E-state index contributed by atoms with van der Waals surface area (Å²) in [6, 6.07) is 10.9. The van der Waals surface area contributed by atoms with E-state index in [1.807, 2.05) is 0 Å². The van der Waals surface area contributed by atoms with Gasteiger partial charge in [0.25, 0.3) is 11.8 Å². The number of hydrogen-bond acceptors (Lipinski definition) is 6. The SMILES string of the molecule is COc1ccc(C(=O)c2ccc(Oc3c(F)c(F)c(-c4nnc(-c5c(F)c(F)c(C)c(F)c5F)o4)c(F)c3F)cc2)cc1. The first-order valence-electron chi connectivity index (χ1n) is 11.9. The maximum atomic E-state index is 14.9. The van der Waals surface area contributed by atoms with Gasteiger partial charge in [0, 0.05) is 16.7 Å². The van der Waals surface area contributed by atoms with E-state index in [9.17, 15) is 39.9 Å². The molecule has 0 saturated heterocycles. The van der Waals surface area contributed by atoms with Crippen molar-refractivity contribution in [3.8, 4) is 40.2 Å². The Hall–Kier alpha value is -5.27. The van der Waals surface area contributed by atoms with Gasteiger partial charge < -0.3 is 13.9 Å². The predicted octanol–water partition coefficient (Wildman–Crippen LogP) is 7.86. The van der Waals surface area contributed by atoms with Gasteiger partial charge in [-0.2, -0.15) is 8.78 Å². The molecule has 0 radical (unpaired) electrons. The summed E-state index contributed by atoms with van der Waals surface area (Å²) in [5, 5.41) is 6.22. The Bertz CT molecular complexity index is 1830. The molecule has 0 N–H and O–H groups in total. The molecule has 5 aromatic rings. The van der Waals surface area contributed by atoms with E-state index in [1.54, 1.807) is 12.1 Å². The molecular formula is C29H14F8N2O4. The summed E-state index contributed by atoms with van der Waals surface area (Å²) < 4.78 is 131. The van der Waals surface area contributed by atoms with Gasteiger partial charge in [0.05, 0.1) is 7.11 Å². The number of carbonyl (C=O) groups is 1. The summed E-state index contributed by atoms with van der Waals surface area (Å²) in [7, 11) is 1.46. The number of carbonyl (C=O) groups excluding carboxylic acids is 1. The fourth-order valence-electron chi connectivity index (χ4n) is 3.94. The first kappa shape index (κ1) is 29.2. The Morgan fingerprint density at radius 1 is 0.605 bits per heavy atom. The molecule has 6 nitrogen and oxygen atoms in total. The molecule has 0 aliphatic carbocycles. The van der Waals surface area contributed by atoms with E-state index in [-0.39, 0.29) is 11.3 Å². The molecule has 0 aliphatic rings. The van der Waals surface area contributed by atoms with Crippen LogP contribution < -0.4 is 9.47 Å². The Kier molecular flexibility index (Phi) is 7.61. The molecule has 43 heavy (non-hydrogen) atoms. The largest absolute Gasteiger partial charge is 0.497 e. The van der Waals surface area contributed by atoms with Gasteiger partial charge in [-0.1, -0.05) is 0 Å². The molecular weight excluding hydrogens is 592 g/mol. The second-order valence-electron chi connectivity index (χ2n) is 8.81. The molecule has 220 valence electrons. The van der Waals surface area contributed by atoms with Crippen LogP contribution in [0, 0.1) is 53.5 Å². The summed E-state index contributed by atoms with van der Waals surface area (Å²) in [5.74, 6) is -20.1. The topological polar surface area (TPSA) is 74.5 Å². The van der Waals surface area contributed by atoms with E-state index in [2.05, 4.69) is 10.2 Å². The van der Waals surface area contributed by atoms with Crippen LogP contribution in [0.3, 0.4) is 0 Å². The number of rotatable bonds is 7. The van der Waals surface area contributed by atoms with E-state index >= 15 is 0 Å². The summed E-state index contributed by atoms with van der Waals surface area (Å²) in [4.78, 5) is 12.7. The lowest BCUT2D eigenvalue weighted by Gasteiger charge is -2.12. The summed E-state index contributed by atoms with van der Waals surface area (Å²) in [6.07, 6.45) is 0. The maximum absolute atomic E-state index is 14.9. The van der Waals surface area contributed by atoms with Crippen molar-refractivity contribution >= 4 is 5.78 Å². The second kappa shape index (κ2) is 11.2. The molecule has 5 rings (SSSR count). The number of benzene rings is 4. The minimum Gasteiger partial charge on any atom is -0.497 e. The zero-order valence-electron chi connectivity index (χ0n) is 21.7. The smallest absolute Gasteiger partial charge is 0.254 e. The van der Waals surface area contributed by atoms with Crippen LogP contribution in [0.5, 0.6) is 17.2 Å². The molecule has 0 bridgehead atoms. The third-order valence-corrected chi connectivity index (χ3v) is 6.25. The molecule has 1 aromatic heterocycles. The zero-order chi connectivity index (χ0) is 31.2. The van der Waals surface area contributed by atoms with Crippen LogP contribution in [0.4, 0.5) is 35.1 Å². The third kappa shape index (κ3) is 5.04. The maximum Gasteiger partial charge on any atom is 0.254 e. The Morgan fingerprint density at radius 2 is 1.00 bits per heavy atom. The molecule has 0 atom stereocenters. The molecule has 14 heteroatoms. The fraction of sp³-hybridized carbons (Fsp3) is 0.0690. The van der Waals surface area contributed by atoms with Crippen molar-refractivity contribution < 1.29 is 53.8 Å². The normalized spacial score (nSPS) is 11.1. The van der Waals surface area contributed by atoms with E-state index in [0.717, 1.165) is 19.1 Å². The van der Waals surface area contributed by atoms with Crippen LogP contribution in [-0.4, -0.2) is 23.1 Å². The van der Waals surface area contributed by atoms with Gasteiger partial charge in [0.1, 0.15) is 22.6 Å². The Morgan fingerprint density at radius 3 is 1.42 bits per heavy atom. The van der Waals surface area contributed by atoms with Crippen molar-refractivity contribution in [3.63, 3.8) is 0 Å². The first-order valence-corrected chi connectivity index (χ1v) is 11.9. The highest BCUT2D eigenvalue weighted by atomic mass is 19.2. The predicted molar refractivity (Wildman–Crippen MR) is 133 cm³/mol. The van der Waals surface area contributed by atoms with E-state index in [4.69, 9.17) is 13.9 Å². The van der Waals surface area contributed by atoms with Crippen molar-refractivity contribution in [1.82, 2.24) is 10.2 Å². The van der Waals surface area contributed by atoms with Gasteiger partial charge in [-0.25, -0.2) is 26.3 Å². The quantitative estimate of drug-likeness (QED) is 0.107. The van der Waals surface area contributed by atoms with Crippen LogP contribution in [0.15, 0.2) is 52.9 Å². The molecule has 0 amide bonds. The monoisotopic (exact) mass is 606 g/mol. The highest BCUT2D eigenvalue weighted by molar-refractivity contribution is 6.09. The van der Waals surface area contributed by atoms with E-state index in [0.29, 0.717) is 11.3 Å². The highest BCUT2D eigenvalue weighted by Gasteiger charge is 2.33. The summed E-state index contributed by atoms with van der Waals surface area (Å²) >= 11 is 0. The second-order valence-corrected chi connectivity index (χ2v) is 8.81. The van der Waals surface area contributed by atoms with Gasteiger partial charge in [-0.15, -0.1) is 10.2 Å². The minimum absolute atomic E-state index is 0.152. The van der Waals surface area contributed by atoms with Crippen LogP contribution >= 0.6 is 0 Å². The molecule has 4 aromatic carbocycles. The van der Waals surface area contributed by atoms with Crippen molar-refractivity contribution in [3.05, 3.63) is 112 Å². The van der Waals surface area contributed by atoms with Crippen molar-refractivity contribution in [2.75, 3.05) is 7.11 Å². The zero-order valence-corrected chi connectivity index (χ0v) is 21.7. The number of nitrogens with zero attached hydrogens (tertiary/aromatic N) is 2. The van der Waals surface area contributed by atoms with Gasteiger partial charge in [-0.05, 0) is 55.5 Å². The van der Waals surface area contributed by atoms with Crippen molar-refractivity contribution in [1.29, 1.82) is 0 Å². The summed E-state index contributed by atoms with van der Waals surface area (Å²) in [6.45, 7) is 0.746. The third-order valence-electron chi connectivity index (χ3n) is 6.25. The molecule has 0 fully saturated rings. The number of ketones is 1. The Balaban J connectivity index is 1.45.